The van der Waals surface area contributed by atoms with Crippen molar-refractivity contribution in [1.29, 1.82) is 0 Å². The van der Waals surface area contributed by atoms with Gasteiger partial charge in [0, 0.05) is 12.0 Å². The molecule has 1 aliphatic rings. The molecule has 33 heavy (non-hydrogen) atoms. The molecule has 0 aromatic heterocycles. The number of hydrogen-bond acceptors (Lipinski definition) is 7. The van der Waals surface area contributed by atoms with Crippen molar-refractivity contribution < 1.29 is 34.4 Å². The van der Waals surface area contributed by atoms with Crippen LogP contribution < -0.4 is 4.74 Å². The van der Waals surface area contributed by atoms with Gasteiger partial charge in [0.05, 0.1) is 13.2 Å². The second kappa shape index (κ2) is 10.9. The maximum Gasteiger partial charge on any atom is 0.342 e. The number of ketones is 1. The zero-order chi connectivity index (χ0) is 24.0. The molecule has 4 atom stereocenters. The SMILES string of the molecule is COc1cc(O)c2c(c1)/C=C/C[C@H](O)[C@H](O)C(=O)/C=C\[C@@H](Cc1ccccc1)[C@H](C)OC2=O. The second-order valence-electron chi connectivity index (χ2n) is 7.99. The molecule has 3 N–H and O–H groups in total. The quantitative estimate of drug-likeness (QED) is 0.614. The van der Waals surface area contributed by atoms with E-state index in [-0.39, 0.29) is 17.7 Å². The summed E-state index contributed by atoms with van der Waals surface area (Å²) >= 11 is 0. The van der Waals surface area contributed by atoms with Crippen LogP contribution in [-0.4, -0.2) is 52.5 Å². The van der Waals surface area contributed by atoms with Gasteiger partial charge in [-0.15, -0.1) is 0 Å². The normalized spacial score (nSPS) is 25.9. The molecule has 0 spiro atoms. The van der Waals surface area contributed by atoms with Crippen LogP contribution in [0.15, 0.2) is 60.7 Å². The number of benzene rings is 2. The van der Waals surface area contributed by atoms with Gasteiger partial charge in [-0.05, 0) is 43.0 Å². The fourth-order valence-electron chi connectivity index (χ4n) is 3.66. The lowest BCUT2D eigenvalue weighted by molar-refractivity contribution is -0.127. The molecule has 2 aromatic rings. The smallest absolute Gasteiger partial charge is 0.342 e. The van der Waals surface area contributed by atoms with Gasteiger partial charge in [-0.2, -0.15) is 0 Å². The fourth-order valence-corrected chi connectivity index (χ4v) is 3.66. The molecule has 174 valence electrons. The van der Waals surface area contributed by atoms with Gasteiger partial charge >= 0.3 is 5.97 Å². The largest absolute Gasteiger partial charge is 0.507 e. The Morgan fingerprint density at radius 2 is 1.82 bits per heavy atom. The van der Waals surface area contributed by atoms with Gasteiger partial charge < -0.3 is 24.8 Å². The highest BCUT2D eigenvalue weighted by Crippen LogP contribution is 2.31. The predicted molar refractivity (Wildman–Crippen MR) is 123 cm³/mol. The van der Waals surface area contributed by atoms with Crippen LogP contribution in [0.25, 0.3) is 6.08 Å². The number of hydrogen-bond donors (Lipinski definition) is 3. The molecule has 1 heterocycles. The highest BCUT2D eigenvalue weighted by atomic mass is 16.5. The maximum atomic E-state index is 13.0. The lowest BCUT2D eigenvalue weighted by atomic mass is 9.93. The van der Waals surface area contributed by atoms with Gasteiger partial charge in [-0.25, -0.2) is 4.79 Å². The topological polar surface area (TPSA) is 113 Å². The zero-order valence-electron chi connectivity index (χ0n) is 18.5. The van der Waals surface area contributed by atoms with Crippen molar-refractivity contribution in [3.8, 4) is 11.5 Å². The number of aliphatic hydroxyl groups is 2. The molecular weight excluding hydrogens is 424 g/mol. The molecule has 0 unspecified atom stereocenters. The molecule has 7 heteroatoms. The van der Waals surface area contributed by atoms with Crippen LogP contribution in [-0.2, 0) is 16.0 Å². The molecule has 2 aromatic carbocycles. The van der Waals surface area contributed by atoms with E-state index in [0.29, 0.717) is 17.7 Å². The number of aliphatic hydroxyl groups excluding tert-OH is 2. The fraction of sp³-hybridized carbons (Fsp3) is 0.308. The molecule has 0 radical (unpaired) electrons. The monoisotopic (exact) mass is 452 g/mol. The Kier molecular flexibility index (Phi) is 8.03. The third kappa shape index (κ3) is 6.09. The van der Waals surface area contributed by atoms with Crippen molar-refractivity contribution >= 4 is 17.8 Å². The van der Waals surface area contributed by atoms with Crippen molar-refractivity contribution in [3.05, 3.63) is 77.4 Å². The maximum absolute atomic E-state index is 13.0. The van der Waals surface area contributed by atoms with E-state index in [4.69, 9.17) is 9.47 Å². The molecule has 0 amide bonds. The Hall–Kier alpha value is -3.42. The van der Waals surface area contributed by atoms with Gasteiger partial charge in [0.1, 0.15) is 29.3 Å². The first-order chi connectivity index (χ1) is 15.8. The first kappa shape index (κ1) is 24.2. The summed E-state index contributed by atoms with van der Waals surface area (Å²) in [6, 6.07) is 12.4. The average molecular weight is 453 g/mol. The average Bonchev–Trinajstić information content (AvgIpc) is 2.80. The summed E-state index contributed by atoms with van der Waals surface area (Å²) in [7, 11) is 1.43. The summed E-state index contributed by atoms with van der Waals surface area (Å²) < 4.78 is 10.9. The van der Waals surface area contributed by atoms with Crippen molar-refractivity contribution in [2.75, 3.05) is 7.11 Å². The molecule has 0 bridgehead atoms. The number of methoxy groups -OCH3 is 1. The Morgan fingerprint density at radius 1 is 1.09 bits per heavy atom. The van der Waals surface area contributed by atoms with Gasteiger partial charge in [-0.3, -0.25) is 4.79 Å². The minimum Gasteiger partial charge on any atom is -0.507 e. The molecule has 3 rings (SSSR count). The summed E-state index contributed by atoms with van der Waals surface area (Å²) in [5.41, 5.74) is 1.26. The Balaban J connectivity index is 2.02. The number of ether oxygens (including phenoxy) is 2. The van der Waals surface area contributed by atoms with E-state index < -0.39 is 36.0 Å². The van der Waals surface area contributed by atoms with Crippen molar-refractivity contribution in [2.45, 2.75) is 38.1 Å². The van der Waals surface area contributed by atoms with E-state index in [0.717, 1.165) is 5.56 Å². The first-order valence-electron chi connectivity index (χ1n) is 10.7. The molecule has 7 nitrogen and oxygen atoms in total. The Labute approximate surface area is 192 Å². The van der Waals surface area contributed by atoms with Crippen LogP contribution in [0.4, 0.5) is 0 Å². The molecule has 0 saturated carbocycles. The van der Waals surface area contributed by atoms with Crippen molar-refractivity contribution in [3.63, 3.8) is 0 Å². The van der Waals surface area contributed by atoms with Crippen molar-refractivity contribution in [2.24, 2.45) is 5.92 Å². The molecular formula is C26H28O7. The van der Waals surface area contributed by atoms with Gasteiger partial charge in [0.15, 0.2) is 5.78 Å². The predicted octanol–water partition coefficient (Wildman–Crippen LogP) is 3.07. The third-order valence-corrected chi connectivity index (χ3v) is 5.61. The first-order valence-corrected chi connectivity index (χ1v) is 10.7. The highest BCUT2D eigenvalue weighted by molar-refractivity contribution is 5.97. The van der Waals surface area contributed by atoms with Gasteiger partial charge in [0.2, 0.25) is 0 Å². The van der Waals surface area contributed by atoms with E-state index in [1.54, 1.807) is 19.1 Å². The number of rotatable bonds is 3. The molecule has 0 aliphatic carbocycles. The van der Waals surface area contributed by atoms with E-state index in [1.165, 1.54) is 31.4 Å². The van der Waals surface area contributed by atoms with Gasteiger partial charge in [0.25, 0.3) is 0 Å². The van der Waals surface area contributed by atoms with E-state index in [2.05, 4.69) is 0 Å². The lowest BCUT2D eigenvalue weighted by Gasteiger charge is -2.23. The summed E-state index contributed by atoms with van der Waals surface area (Å²) in [4.78, 5) is 25.5. The Bertz CT molecular complexity index is 1040. The molecule has 1 aliphatic heterocycles. The van der Waals surface area contributed by atoms with Crippen LogP contribution in [0.5, 0.6) is 11.5 Å². The van der Waals surface area contributed by atoms with E-state index in [1.807, 2.05) is 30.3 Å². The zero-order valence-corrected chi connectivity index (χ0v) is 18.5. The minimum atomic E-state index is -1.60. The number of cyclic esters (lactones) is 1. The standard InChI is InChI=1S/C26H28O7/c1-16-18(13-17-7-4-3-5-8-17)11-12-22(28)25(30)21(27)10-6-9-19-14-20(32-2)15-23(29)24(19)26(31)33-16/h3-9,11-12,14-16,18,21,25,27,29-30H,10,13H2,1-2H3/b9-6+,12-11-/t16-,18-,21-,25-/m0/s1. The minimum absolute atomic E-state index is 0.0375. The number of carbonyl (C=O) groups excluding carboxylic acids is 2. The van der Waals surface area contributed by atoms with Crippen LogP contribution in [0.3, 0.4) is 0 Å². The summed E-state index contributed by atoms with van der Waals surface area (Å²) in [5.74, 6) is -1.73. The van der Waals surface area contributed by atoms with Gasteiger partial charge in [-0.1, -0.05) is 48.6 Å². The summed E-state index contributed by atoms with van der Waals surface area (Å²) in [6.07, 6.45) is 2.65. The summed E-state index contributed by atoms with van der Waals surface area (Å²) in [6.45, 7) is 1.70. The lowest BCUT2D eigenvalue weighted by Crippen LogP contribution is -2.33. The summed E-state index contributed by atoms with van der Waals surface area (Å²) in [5, 5.41) is 31.0. The number of phenols is 1. The van der Waals surface area contributed by atoms with Crippen LogP contribution in [0.1, 0.15) is 34.8 Å². The van der Waals surface area contributed by atoms with Crippen molar-refractivity contribution in [1.82, 2.24) is 0 Å². The Morgan fingerprint density at radius 3 is 2.52 bits per heavy atom. The number of aromatic hydroxyl groups is 1. The third-order valence-electron chi connectivity index (χ3n) is 5.61. The van der Waals surface area contributed by atoms with E-state index in [9.17, 15) is 24.9 Å². The van der Waals surface area contributed by atoms with E-state index >= 15 is 0 Å². The molecule has 0 fully saturated rings. The number of esters is 1. The van der Waals surface area contributed by atoms with Crippen LogP contribution >= 0.6 is 0 Å². The van der Waals surface area contributed by atoms with Crippen LogP contribution in [0, 0.1) is 5.92 Å². The number of fused-ring (bicyclic) bond motifs is 1. The molecule has 0 saturated heterocycles. The number of carbonyl (C=O) groups is 2. The number of phenolic OH excluding ortho intramolecular Hbond substituents is 1. The highest BCUT2D eigenvalue weighted by Gasteiger charge is 2.27. The van der Waals surface area contributed by atoms with Crippen LogP contribution in [0.2, 0.25) is 0 Å². The second-order valence-corrected chi connectivity index (χ2v) is 7.99.